The molecule has 0 bridgehead atoms. The monoisotopic (exact) mass is 863 g/mol. The minimum Gasteiger partial charge on any atom is -0.460 e. The Morgan fingerprint density at radius 1 is 0.541 bits per heavy atom. The molecule has 13 heteroatoms. The van der Waals surface area contributed by atoms with E-state index in [1.54, 1.807) is 0 Å². The third kappa shape index (κ3) is 21.8. The molecule has 2 aliphatic rings. The second kappa shape index (κ2) is 33.6. The van der Waals surface area contributed by atoms with Gasteiger partial charge in [-0.05, 0) is 77.0 Å². The van der Waals surface area contributed by atoms with Crippen molar-refractivity contribution in [3.8, 4) is 0 Å². The lowest BCUT2D eigenvalue weighted by molar-refractivity contribution is -0.384. The van der Waals surface area contributed by atoms with Crippen LogP contribution in [0.5, 0.6) is 0 Å². The average molecular weight is 863 g/mol. The van der Waals surface area contributed by atoms with Crippen LogP contribution in [-0.2, 0) is 33.3 Å². The van der Waals surface area contributed by atoms with Crippen molar-refractivity contribution in [2.75, 3.05) is 19.8 Å². The van der Waals surface area contributed by atoms with Crippen LogP contribution in [0, 0.1) is 0 Å². The predicted octanol–water partition coefficient (Wildman–Crippen LogP) is 6.89. The fraction of sp³-hybridized carbons (Fsp3) is 0.708. The third-order valence-corrected chi connectivity index (χ3v) is 10.6. The van der Waals surface area contributed by atoms with E-state index >= 15 is 0 Å². The van der Waals surface area contributed by atoms with Crippen LogP contribution >= 0.6 is 0 Å². The number of unbranched alkanes of at least 4 members (excludes halogenated alkanes) is 10. The zero-order valence-corrected chi connectivity index (χ0v) is 36.9. The average Bonchev–Trinajstić information content (AvgIpc) is 3.51. The van der Waals surface area contributed by atoms with Crippen LogP contribution in [0.2, 0.25) is 0 Å². The van der Waals surface area contributed by atoms with Gasteiger partial charge in [-0.25, -0.2) is 0 Å². The molecule has 0 spiro atoms. The van der Waals surface area contributed by atoms with Crippen LogP contribution in [-0.4, -0.2) is 117 Å². The molecule has 0 saturated carbocycles. The van der Waals surface area contributed by atoms with Gasteiger partial charge in [0.25, 0.3) is 0 Å². The molecule has 61 heavy (non-hydrogen) atoms. The Labute approximate surface area is 364 Å². The molecule has 2 aliphatic heterocycles. The molecule has 0 aliphatic carbocycles. The normalized spacial score (nSPS) is 27.3. The van der Waals surface area contributed by atoms with Crippen LogP contribution in [0.3, 0.4) is 0 Å². The van der Waals surface area contributed by atoms with Crippen molar-refractivity contribution in [2.45, 2.75) is 197 Å². The molecule has 2 saturated heterocycles. The Kier molecular flexibility index (Phi) is 29.8. The lowest BCUT2D eigenvalue weighted by atomic mass is 9.99. The maximum absolute atomic E-state index is 13.2. The van der Waals surface area contributed by atoms with E-state index in [0.717, 1.165) is 103 Å². The van der Waals surface area contributed by atoms with Crippen molar-refractivity contribution in [1.82, 2.24) is 0 Å². The van der Waals surface area contributed by atoms with E-state index < -0.39 is 86.6 Å². The van der Waals surface area contributed by atoms with E-state index in [1.807, 2.05) is 0 Å². The highest BCUT2D eigenvalue weighted by Crippen LogP contribution is 2.39. The first-order valence-corrected chi connectivity index (χ1v) is 22.8. The summed E-state index contributed by atoms with van der Waals surface area (Å²) >= 11 is 0. The number of ether oxygens (including phenoxy) is 5. The van der Waals surface area contributed by atoms with Gasteiger partial charge >= 0.3 is 11.9 Å². The molecule has 0 aromatic carbocycles. The number of hydrogen-bond donors (Lipinski definition) is 6. The van der Waals surface area contributed by atoms with E-state index in [-0.39, 0.29) is 12.8 Å². The number of aliphatic hydroxyl groups excluding tert-OH is 6. The van der Waals surface area contributed by atoms with Gasteiger partial charge in [-0.3, -0.25) is 9.59 Å². The maximum Gasteiger partial charge on any atom is 0.306 e. The predicted molar refractivity (Wildman–Crippen MR) is 235 cm³/mol. The summed E-state index contributed by atoms with van der Waals surface area (Å²) in [5, 5.41) is 62.6. The fourth-order valence-corrected chi connectivity index (χ4v) is 6.99. The lowest BCUT2D eigenvalue weighted by Crippen LogP contribution is -2.63. The number of hydrogen-bond acceptors (Lipinski definition) is 13. The van der Waals surface area contributed by atoms with Crippen molar-refractivity contribution in [3.63, 3.8) is 0 Å². The third-order valence-electron chi connectivity index (χ3n) is 10.6. The molecule has 6 N–H and O–H groups in total. The van der Waals surface area contributed by atoms with Crippen molar-refractivity contribution in [1.29, 1.82) is 0 Å². The van der Waals surface area contributed by atoms with Crippen LogP contribution in [0.25, 0.3) is 0 Å². The van der Waals surface area contributed by atoms with Gasteiger partial charge in [-0.2, -0.15) is 0 Å². The maximum atomic E-state index is 13.2. The first-order chi connectivity index (χ1) is 29.6. The zero-order chi connectivity index (χ0) is 44.6. The molecule has 0 unspecified atom stereocenters. The van der Waals surface area contributed by atoms with Crippen molar-refractivity contribution < 1.29 is 63.9 Å². The number of allylic oxidation sites excluding steroid dienone is 12. The number of carbonyl (C=O) groups excluding carboxylic acids is 2. The summed E-state index contributed by atoms with van der Waals surface area (Å²) in [6.07, 6.45) is 29.3. The first-order valence-electron chi connectivity index (χ1n) is 22.8. The number of carbonyl (C=O) groups is 2. The molecule has 2 fully saturated rings. The molecule has 0 amide bonds. The second-order valence-corrected chi connectivity index (χ2v) is 15.7. The fourth-order valence-electron chi connectivity index (χ4n) is 6.99. The Morgan fingerprint density at radius 2 is 1.00 bits per heavy atom. The van der Waals surface area contributed by atoms with Gasteiger partial charge in [0.2, 0.25) is 5.79 Å². The van der Waals surface area contributed by atoms with E-state index in [4.69, 9.17) is 23.7 Å². The molecule has 0 aromatic rings. The summed E-state index contributed by atoms with van der Waals surface area (Å²) < 4.78 is 28.8. The summed E-state index contributed by atoms with van der Waals surface area (Å²) in [6, 6.07) is 0. The number of rotatable bonds is 33. The van der Waals surface area contributed by atoms with Gasteiger partial charge in [-0.1, -0.05) is 125 Å². The molecule has 2 rings (SSSR count). The summed E-state index contributed by atoms with van der Waals surface area (Å²) in [7, 11) is 0. The van der Waals surface area contributed by atoms with E-state index in [0.29, 0.717) is 12.8 Å². The van der Waals surface area contributed by atoms with E-state index in [2.05, 4.69) is 86.8 Å². The standard InChI is InChI=1S/C48H78O13/c1-3-5-7-9-11-13-15-17-19-21-23-25-27-29-31-33-40(51)57-37-48(61-47-45(56)44(55)42(53)38(35-49)58-47)46(43(54)39(36-50)60-48)59-41(52)34-32-30-28-26-24-22-20-18-16-14-12-10-8-6-4-2/h5-8,11-14,17-20,38-39,42-47,49-50,53-56H,3-4,9-10,15-16,21-37H2,1-2H3/t38-,39-,42-,43-,44+,45-,46+,47-,48+/m1/s1. The van der Waals surface area contributed by atoms with Gasteiger partial charge in [0.05, 0.1) is 13.2 Å². The van der Waals surface area contributed by atoms with Crippen molar-refractivity contribution >= 4 is 11.9 Å². The van der Waals surface area contributed by atoms with Gasteiger partial charge in [0.15, 0.2) is 12.4 Å². The quantitative estimate of drug-likeness (QED) is 0.0227. The molecule has 13 nitrogen and oxygen atoms in total. The van der Waals surface area contributed by atoms with E-state index in [9.17, 15) is 40.2 Å². The van der Waals surface area contributed by atoms with Gasteiger partial charge < -0.3 is 54.3 Å². The van der Waals surface area contributed by atoms with Gasteiger partial charge in [-0.15, -0.1) is 0 Å². The highest BCUT2D eigenvalue weighted by Gasteiger charge is 2.61. The SMILES string of the molecule is CCC=CCC=CCC=CCCCCCCCC(=O)OC[C@@]1(O[C@H]2O[C@H](CO)[C@@H](O)[C@H](O)[C@H]2O)O[C@H](CO)[C@@H](O)[C@@H]1OC(=O)CCCCCCCC=CCC=CCC=CCC. The van der Waals surface area contributed by atoms with Crippen LogP contribution in [0.15, 0.2) is 72.9 Å². The van der Waals surface area contributed by atoms with E-state index in [1.165, 1.54) is 0 Å². The topological polar surface area (TPSA) is 202 Å². The lowest BCUT2D eigenvalue weighted by Gasteiger charge is -2.43. The Hall–Kier alpha value is -2.98. The number of esters is 2. The van der Waals surface area contributed by atoms with Gasteiger partial charge in [0.1, 0.15) is 43.2 Å². The summed E-state index contributed by atoms with van der Waals surface area (Å²) in [5.41, 5.74) is 0. The minimum absolute atomic E-state index is 0.00738. The first kappa shape index (κ1) is 54.2. The van der Waals surface area contributed by atoms with Crippen molar-refractivity contribution in [2.24, 2.45) is 0 Å². The molecule has 0 radical (unpaired) electrons. The minimum atomic E-state index is -2.30. The van der Waals surface area contributed by atoms with Crippen LogP contribution < -0.4 is 0 Å². The van der Waals surface area contributed by atoms with Crippen LogP contribution in [0.1, 0.15) is 142 Å². The molecule has 348 valence electrons. The second-order valence-electron chi connectivity index (χ2n) is 15.7. The zero-order valence-electron chi connectivity index (χ0n) is 36.9. The highest BCUT2D eigenvalue weighted by molar-refractivity contribution is 5.70. The van der Waals surface area contributed by atoms with Gasteiger partial charge in [0, 0.05) is 12.8 Å². The Morgan fingerprint density at radius 3 is 1.51 bits per heavy atom. The smallest absolute Gasteiger partial charge is 0.306 e. The van der Waals surface area contributed by atoms with Crippen molar-refractivity contribution in [3.05, 3.63) is 72.9 Å². The Bertz CT molecular complexity index is 1340. The number of aliphatic hydroxyl groups is 6. The van der Waals surface area contributed by atoms with Crippen LogP contribution in [0.4, 0.5) is 0 Å². The molecule has 9 atom stereocenters. The molecular formula is C48H78O13. The molecular weight excluding hydrogens is 785 g/mol. The molecule has 0 aromatic heterocycles. The largest absolute Gasteiger partial charge is 0.460 e. The summed E-state index contributed by atoms with van der Waals surface area (Å²) in [6.45, 7) is 2.03. The highest BCUT2D eigenvalue weighted by atomic mass is 16.8. The molecule has 2 heterocycles. The Balaban J connectivity index is 1.92. The summed E-state index contributed by atoms with van der Waals surface area (Å²) in [5.74, 6) is -3.60. The summed E-state index contributed by atoms with van der Waals surface area (Å²) in [4.78, 5) is 26.2.